The number of likely N-dealkylation sites (tertiary alicyclic amines) is 1. The van der Waals surface area contributed by atoms with Crippen LogP contribution in [0.3, 0.4) is 0 Å². The molecule has 4 rings (SSSR count). The first-order chi connectivity index (χ1) is 15.0. The van der Waals surface area contributed by atoms with E-state index in [1.54, 1.807) is 19.2 Å². The number of hydrogen-bond donors (Lipinski definition) is 1. The summed E-state index contributed by atoms with van der Waals surface area (Å²) in [6, 6.07) is 23.2. The Balaban J connectivity index is 1.85. The zero-order valence-corrected chi connectivity index (χ0v) is 17.4. The first kappa shape index (κ1) is 20.4. The van der Waals surface area contributed by atoms with Gasteiger partial charge in [-0.3, -0.25) is 9.59 Å². The molecule has 1 aliphatic rings. The number of methoxy groups -OCH3 is 1. The Kier molecular flexibility index (Phi) is 5.58. The van der Waals surface area contributed by atoms with Crippen molar-refractivity contribution in [2.45, 2.75) is 19.5 Å². The molecule has 156 valence electrons. The van der Waals surface area contributed by atoms with Gasteiger partial charge < -0.3 is 14.7 Å². The average Bonchev–Trinajstić information content (AvgIpc) is 3.05. The van der Waals surface area contributed by atoms with E-state index < -0.39 is 17.7 Å². The second kappa shape index (κ2) is 8.48. The summed E-state index contributed by atoms with van der Waals surface area (Å²) in [4.78, 5) is 27.7. The molecular formula is C26H23NO4. The highest BCUT2D eigenvalue weighted by Crippen LogP contribution is 2.40. The van der Waals surface area contributed by atoms with Gasteiger partial charge in [0.2, 0.25) is 0 Å². The van der Waals surface area contributed by atoms with Crippen LogP contribution >= 0.6 is 0 Å². The van der Waals surface area contributed by atoms with Crippen molar-refractivity contribution in [2.75, 3.05) is 7.11 Å². The van der Waals surface area contributed by atoms with Crippen LogP contribution in [0.15, 0.2) is 84.4 Å². The minimum atomic E-state index is -0.701. The zero-order chi connectivity index (χ0) is 22.0. The molecule has 0 bridgehead atoms. The lowest BCUT2D eigenvalue weighted by atomic mass is 9.95. The van der Waals surface area contributed by atoms with Gasteiger partial charge in [0.25, 0.3) is 11.7 Å². The molecule has 0 aromatic heterocycles. The molecule has 1 aliphatic heterocycles. The number of hydrogen-bond acceptors (Lipinski definition) is 4. The predicted molar refractivity (Wildman–Crippen MR) is 118 cm³/mol. The Hall–Kier alpha value is -3.86. The van der Waals surface area contributed by atoms with Crippen molar-refractivity contribution in [1.82, 2.24) is 4.90 Å². The summed E-state index contributed by atoms with van der Waals surface area (Å²) in [5.74, 6) is -0.875. The lowest BCUT2D eigenvalue weighted by Gasteiger charge is -2.26. The maximum Gasteiger partial charge on any atom is 0.295 e. The molecule has 1 atom stereocenters. The third kappa shape index (κ3) is 3.82. The molecule has 5 heteroatoms. The molecule has 0 aliphatic carbocycles. The molecule has 1 amide bonds. The molecule has 1 fully saturated rings. The topological polar surface area (TPSA) is 66.8 Å². The highest BCUT2D eigenvalue weighted by Gasteiger charge is 2.46. The van der Waals surface area contributed by atoms with Gasteiger partial charge in [-0.15, -0.1) is 0 Å². The van der Waals surface area contributed by atoms with Crippen LogP contribution in [0.1, 0.15) is 28.3 Å². The van der Waals surface area contributed by atoms with Gasteiger partial charge in [-0.05, 0) is 18.6 Å². The lowest BCUT2D eigenvalue weighted by Crippen LogP contribution is -2.29. The smallest absolute Gasteiger partial charge is 0.295 e. The van der Waals surface area contributed by atoms with Crippen LogP contribution in [0, 0.1) is 6.92 Å². The van der Waals surface area contributed by atoms with Crippen molar-refractivity contribution in [3.63, 3.8) is 0 Å². The summed E-state index contributed by atoms with van der Waals surface area (Å²) in [7, 11) is 1.57. The van der Waals surface area contributed by atoms with E-state index in [0.29, 0.717) is 11.3 Å². The Morgan fingerprint density at radius 3 is 2.26 bits per heavy atom. The lowest BCUT2D eigenvalue weighted by molar-refractivity contribution is -0.140. The number of rotatable bonds is 5. The van der Waals surface area contributed by atoms with Crippen LogP contribution in [-0.2, 0) is 16.1 Å². The van der Waals surface area contributed by atoms with Crippen molar-refractivity contribution >= 4 is 17.4 Å². The molecule has 0 saturated carbocycles. The van der Waals surface area contributed by atoms with Gasteiger partial charge in [0.05, 0.1) is 25.3 Å². The number of aryl methyl sites for hydroxylation is 1. The van der Waals surface area contributed by atoms with Crippen LogP contribution in [0.2, 0.25) is 0 Å². The van der Waals surface area contributed by atoms with Crippen molar-refractivity contribution in [1.29, 1.82) is 0 Å². The molecule has 1 heterocycles. The van der Waals surface area contributed by atoms with Gasteiger partial charge in [-0.25, -0.2) is 0 Å². The van der Waals surface area contributed by atoms with Gasteiger partial charge in [-0.2, -0.15) is 0 Å². The number of ketones is 1. The number of Topliss-reactive ketones (excluding diaryl/α,β-unsaturated/α-hetero) is 1. The van der Waals surface area contributed by atoms with E-state index in [9.17, 15) is 14.7 Å². The molecule has 3 aromatic carbocycles. The fourth-order valence-electron chi connectivity index (χ4n) is 3.91. The maximum absolute atomic E-state index is 13.1. The molecule has 31 heavy (non-hydrogen) atoms. The third-order valence-corrected chi connectivity index (χ3v) is 5.51. The second-order valence-electron chi connectivity index (χ2n) is 7.52. The molecule has 5 nitrogen and oxygen atoms in total. The maximum atomic E-state index is 13.1. The van der Waals surface area contributed by atoms with E-state index in [4.69, 9.17) is 4.74 Å². The number of para-hydroxylation sites is 1. The second-order valence-corrected chi connectivity index (χ2v) is 7.52. The average molecular weight is 413 g/mol. The van der Waals surface area contributed by atoms with Crippen LogP contribution in [0.25, 0.3) is 5.76 Å². The number of aliphatic hydroxyl groups excluding tert-OH is 1. The van der Waals surface area contributed by atoms with Gasteiger partial charge in [0.15, 0.2) is 0 Å². The van der Waals surface area contributed by atoms with Crippen LogP contribution in [-0.4, -0.2) is 28.8 Å². The number of carbonyl (C=O) groups excluding carboxylic acids is 2. The van der Waals surface area contributed by atoms with Crippen molar-refractivity contribution in [3.8, 4) is 5.75 Å². The van der Waals surface area contributed by atoms with Crippen LogP contribution in [0.4, 0.5) is 0 Å². The third-order valence-electron chi connectivity index (χ3n) is 5.51. The molecule has 1 saturated heterocycles. The molecule has 1 unspecified atom stereocenters. The highest BCUT2D eigenvalue weighted by molar-refractivity contribution is 6.46. The van der Waals surface area contributed by atoms with Gasteiger partial charge in [-0.1, -0.05) is 78.4 Å². The predicted octanol–water partition coefficient (Wildman–Crippen LogP) is 4.63. The summed E-state index contributed by atoms with van der Waals surface area (Å²) in [5, 5.41) is 11.1. The van der Waals surface area contributed by atoms with E-state index >= 15 is 0 Å². The number of aliphatic hydroxyl groups is 1. The molecule has 1 N–H and O–H groups in total. The Morgan fingerprint density at radius 1 is 0.935 bits per heavy atom. The van der Waals surface area contributed by atoms with Crippen molar-refractivity contribution < 1.29 is 19.4 Å². The van der Waals surface area contributed by atoms with E-state index in [1.807, 2.05) is 73.7 Å². The number of benzene rings is 3. The number of nitrogens with zero attached hydrogens (tertiary/aromatic N) is 1. The van der Waals surface area contributed by atoms with Gasteiger partial charge in [0, 0.05) is 11.1 Å². The Bertz CT molecular complexity index is 1150. The van der Waals surface area contributed by atoms with Gasteiger partial charge >= 0.3 is 0 Å². The Morgan fingerprint density at radius 2 is 1.58 bits per heavy atom. The summed E-state index contributed by atoms with van der Waals surface area (Å²) in [6.45, 7) is 2.12. The van der Waals surface area contributed by atoms with Gasteiger partial charge in [0.1, 0.15) is 11.5 Å². The summed E-state index contributed by atoms with van der Waals surface area (Å²) >= 11 is 0. The first-order valence-corrected chi connectivity index (χ1v) is 10.0. The van der Waals surface area contributed by atoms with Crippen LogP contribution in [0.5, 0.6) is 5.75 Å². The molecule has 3 aromatic rings. The monoisotopic (exact) mass is 413 g/mol. The summed E-state index contributed by atoms with van der Waals surface area (Å²) in [5.41, 5.74) is 3.16. The highest BCUT2D eigenvalue weighted by atomic mass is 16.5. The standard InChI is InChI=1S/C26H23NO4/c1-17-12-14-19(15-13-17)24(28)22-23(18-8-4-3-5-9-18)27(26(30)25(22)29)16-20-10-6-7-11-21(20)31-2/h3-15,23,28H,16H2,1-2H3/b24-22+. The van der Waals surface area contributed by atoms with Crippen LogP contribution < -0.4 is 4.74 Å². The number of ether oxygens (including phenoxy) is 1. The molecule has 0 radical (unpaired) electrons. The minimum Gasteiger partial charge on any atom is -0.507 e. The Labute approximate surface area is 181 Å². The van der Waals surface area contributed by atoms with E-state index in [1.165, 1.54) is 4.90 Å². The summed E-state index contributed by atoms with van der Waals surface area (Å²) < 4.78 is 5.43. The first-order valence-electron chi connectivity index (χ1n) is 10.0. The quantitative estimate of drug-likeness (QED) is 0.376. The number of amides is 1. The molecule has 0 spiro atoms. The van der Waals surface area contributed by atoms with Crippen molar-refractivity contribution in [2.24, 2.45) is 0 Å². The van der Waals surface area contributed by atoms with E-state index in [2.05, 4.69) is 0 Å². The normalized spacial score (nSPS) is 17.7. The SMILES string of the molecule is COc1ccccc1CN1C(=O)C(=O)/C(=C(/O)c2ccc(C)cc2)C1c1ccccc1. The fourth-order valence-corrected chi connectivity index (χ4v) is 3.91. The van der Waals surface area contributed by atoms with E-state index in [0.717, 1.165) is 16.7 Å². The van der Waals surface area contributed by atoms with E-state index in [-0.39, 0.29) is 17.9 Å². The minimum absolute atomic E-state index is 0.0925. The summed E-state index contributed by atoms with van der Waals surface area (Å²) in [6.07, 6.45) is 0. The molecular weight excluding hydrogens is 390 g/mol. The zero-order valence-electron chi connectivity index (χ0n) is 17.4. The fraction of sp³-hybridized carbons (Fsp3) is 0.154. The van der Waals surface area contributed by atoms with Crippen molar-refractivity contribution in [3.05, 3.63) is 107 Å². The largest absolute Gasteiger partial charge is 0.507 e. The number of carbonyl (C=O) groups is 2.